The van der Waals surface area contributed by atoms with Crippen LogP contribution in [0.5, 0.6) is 5.75 Å². The maximum absolute atomic E-state index is 15.3. The minimum Gasteiger partial charge on any atom is -0.495 e. The molecule has 176 valence electrons. The Morgan fingerprint density at radius 2 is 1.97 bits per heavy atom. The topological polar surface area (TPSA) is 89.7 Å². The zero-order chi connectivity index (χ0) is 23.8. The van der Waals surface area contributed by atoms with E-state index in [9.17, 15) is 9.90 Å². The Labute approximate surface area is 192 Å². The second-order valence-electron chi connectivity index (χ2n) is 9.25. The third-order valence-electron chi connectivity index (χ3n) is 5.73. The molecule has 4 heterocycles. The van der Waals surface area contributed by atoms with Gasteiger partial charge in [-0.15, -0.1) is 0 Å². The van der Waals surface area contributed by atoms with Gasteiger partial charge in [-0.1, -0.05) is 0 Å². The Morgan fingerprint density at radius 1 is 1.24 bits per heavy atom. The van der Waals surface area contributed by atoms with Gasteiger partial charge in [0.1, 0.15) is 22.8 Å². The first-order valence-electron chi connectivity index (χ1n) is 11.0. The zero-order valence-electron chi connectivity index (χ0n) is 19.3. The minimum atomic E-state index is -0.737. The van der Waals surface area contributed by atoms with Crippen LogP contribution in [-0.2, 0) is 4.74 Å². The van der Waals surface area contributed by atoms with Crippen molar-refractivity contribution < 1.29 is 23.8 Å². The van der Waals surface area contributed by atoms with E-state index < -0.39 is 17.6 Å². The molecule has 0 amide bonds. The van der Waals surface area contributed by atoms with Crippen LogP contribution in [0.25, 0.3) is 22.3 Å². The average molecular weight is 457 g/mol. The van der Waals surface area contributed by atoms with Gasteiger partial charge in [0.05, 0.1) is 24.6 Å². The van der Waals surface area contributed by atoms with Gasteiger partial charge in [0.15, 0.2) is 0 Å². The van der Waals surface area contributed by atoms with Gasteiger partial charge in [-0.2, -0.15) is 4.39 Å². The summed E-state index contributed by atoms with van der Waals surface area (Å²) in [5.41, 5.74) is 0.0793. The van der Waals surface area contributed by atoms with Crippen molar-refractivity contribution in [1.29, 1.82) is 0 Å². The van der Waals surface area contributed by atoms with E-state index in [-0.39, 0.29) is 18.1 Å². The number of fused-ring (bicyclic) bond motifs is 1. The number of ether oxygens (including phenoxy) is 2. The number of halogens is 1. The number of pyridine rings is 2. The SMILES string of the molecule is COc1cnc2c(c1)cc(-c1ccc(N3CCC(CO)CC3)nc1F)n2C(=O)OC(C)(C)C. The summed E-state index contributed by atoms with van der Waals surface area (Å²) < 4.78 is 27.4. The Balaban J connectivity index is 1.75. The number of piperidine rings is 1. The van der Waals surface area contributed by atoms with Crippen LogP contribution < -0.4 is 9.64 Å². The van der Waals surface area contributed by atoms with Gasteiger partial charge in [0.25, 0.3) is 0 Å². The van der Waals surface area contributed by atoms with E-state index >= 15 is 4.39 Å². The smallest absolute Gasteiger partial charge is 0.420 e. The molecule has 0 bridgehead atoms. The number of anilines is 1. The van der Waals surface area contributed by atoms with E-state index in [0.29, 0.717) is 41.4 Å². The highest BCUT2D eigenvalue weighted by Gasteiger charge is 2.26. The zero-order valence-corrected chi connectivity index (χ0v) is 19.3. The molecule has 0 spiro atoms. The van der Waals surface area contributed by atoms with E-state index in [1.165, 1.54) is 17.9 Å². The Morgan fingerprint density at radius 3 is 2.58 bits per heavy atom. The lowest BCUT2D eigenvalue weighted by Crippen LogP contribution is -2.35. The molecular formula is C24H29FN4O4. The van der Waals surface area contributed by atoms with Crippen molar-refractivity contribution in [3.8, 4) is 17.0 Å². The van der Waals surface area contributed by atoms with Crippen molar-refractivity contribution in [1.82, 2.24) is 14.5 Å². The molecule has 9 heteroatoms. The van der Waals surface area contributed by atoms with Crippen molar-refractivity contribution >= 4 is 22.9 Å². The molecule has 0 aliphatic carbocycles. The van der Waals surface area contributed by atoms with Crippen LogP contribution in [-0.4, -0.2) is 58.1 Å². The summed E-state index contributed by atoms with van der Waals surface area (Å²) in [6.07, 6.45) is 2.52. The molecule has 1 saturated heterocycles. The molecule has 3 aromatic heterocycles. The molecule has 1 aliphatic rings. The van der Waals surface area contributed by atoms with E-state index in [1.807, 2.05) is 4.90 Å². The van der Waals surface area contributed by atoms with Gasteiger partial charge >= 0.3 is 6.09 Å². The quantitative estimate of drug-likeness (QED) is 0.588. The first-order chi connectivity index (χ1) is 15.7. The fourth-order valence-electron chi connectivity index (χ4n) is 4.01. The summed E-state index contributed by atoms with van der Waals surface area (Å²) in [7, 11) is 1.53. The number of hydrogen-bond donors (Lipinski definition) is 1. The summed E-state index contributed by atoms with van der Waals surface area (Å²) in [6, 6.07) is 6.80. The number of nitrogens with zero attached hydrogens (tertiary/aromatic N) is 4. The summed E-state index contributed by atoms with van der Waals surface area (Å²) in [5, 5.41) is 9.96. The first kappa shape index (κ1) is 23.0. The van der Waals surface area contributed by atoms with Crippen LogP contribution in [0.2, 0.25) is 0 Å². The molecule has 33 heavy (non-hydrogen) atoms. The van der Waals surface area contributed by atoms with Crippen molar-refractivity contribution in [2.24, 2.45) is 5.92 Å². The number of aliphatic hydroxyl groups excluding tert-OH is 1. The van der Waals surface area contributed by atoms with Crippen LogP contribution in [0.1, 0.15) is 33.6 Å². The van der Waals surface area contributed by atoms with Gasteiger partial charge in [-0.3, -0.25) is 0 Å². The highest BCUT2D eigenvalue weighted by molar-refractivity contribution is 5.94. The van der Waals surface area contributed by atoms with Gasteiger partial charge in [0, 0.05) is 25.1 Å². The van der Waals surface area contributed by atoms with E-state index in [2.05, 4.69) is 9.97 Å². The maximum Gasteiger partial charge on any atom is 0.420 e. The third-order valence-corrected chi connectivity index (χ3v) is 5.73. The van der Waals surface area contributed by atoms with Crippen LogP contribution in [0.4, 0.5) is 15.0 Å². The van der Waals surface area contributed by atoms with Crippen molar-refractivity contribution in [2.75, 3.05) is 31.7 Å². The van der Waals surface area contributed by atoms with E-state index in [4.69, 9.17) is 9.47 Å². The molecule has 0 atom stereocenters. The molecule has 1 N–H and O–H groups in total. The van der Waals surface area contributed by atoms with Crippen LogP contribution >= 0.6 is 0 Å². The molecular weight excluding hydrogens is 427 g/mol. The fraction of sp³-hybridized carbons (Fsp3) is 0.458. The van der Waals surface area contributed by atoms with Gasteiger partial charge in [-0.25, -0.2) is 19.3 Å². The van der Waals surface area contributed by atoms with Crippen LogP contribution in [0.15, 0.2) is 30.5 Å². The number of aromatic nitrogens is 3. The Hall–Kier alpha value is -3.20. The Bertz CT molecular complexity index is 1160. The van der Waals surface area contributed by atoms with E-state index in [1.54, 1.807) is 45.0 Å². The van der Waals surface area contributed by atoms with E-state index in [0.717, 1.165) is 12.8 Å². The number of hydrogen-bond acceptors (Lipinski definition) is 7. The normalized spacial score (nSPS) is 15.2. The molecule has 0 saturated carbocycles. The van der Waals surface area contributed by atoms with Crippen molar-refractivity contribution in [3.63, 3.8) is 0 Å². The third kappa shape index (κ3) is 4.78. The fourth-order valence-corrected chi connectivity index (χ4v) is 4.01. The number of carbonyl (C=O) groups is 1. The predicted molar refractivity (Wildman–Crippen MR) is 123 cm³/mol. The molecule has 8 nitrogen and oxygen atoms in total. The van der Waals surface area contributed by atoms with Crippen molar-refractivity contribution in [3.05, 3.63) is 36.4 Å². The number of rotatable bonds is 4. The summed E-state index contributed by atoms with van der Waals surface area (Å²) in [5.74, 6) is 0.652. The minimum absolute atomic E-state index is 0.169. The van der Waals surface area contributed by atoms with Crippen molar-refractivity contribution in [2.45, 2.75) is 39.2 Å². The molecule has 1 fully saturated rings. The average Bonchev–Trinajstić information content (AvgIpc) is 3.16. The molecule has 0 radical (unpaired) electrons. The van der Waals surface area contributed by atoms with Crippen LogP contribution in [0, 0.1) is 11.9 Å². The molecule has 1 aliphatic heterocycles. The summed E-state index contributed by atoms with van der Waals surface area (Å²) >= 11 is 0. The van der Waals surface area contributed by atoms with Gasteiger partial charge < -0.3 is 19.5 Å². The van der Waals surface area contributed by atoms with Gasteiger partial charge in [-0.05, 0) is 63.8 Å². The summed E-state index contributed by atoms with van der Waals surface area (Å²) in [6.45, 7) is 6.89. The largest absolute Gasteiger partial charge is 0.495 e. The predicted octanol–water partition coefficient (Wildman–Crippen LogP) is 4.24. The van der Waals surface area contributed by atoms with Crippen LogP contribution in [0.3, 0.4) is 0 Å². The number of aliphatic hydroxyl groups is 1. The lowest BCUT2D eigenvalue weighted by molar-refractivity contribution is 0.0546. The highest BCUT2D eigenvalue weighted by atomic mass is 19.1. The monoisotopic (exact) mass is 456 g/mol. The lowest BCUT2D eigenvalue weighted by Gasteiger charge is -2.32. The Kier molecular flexibility index (Phi) is 6.25. The molecule has 0 unspecified atom stereocenters. The molecule has 4 rings (SSSR count). The second kappa shape index (κ2) is 8.97. The number of methoxy groups -OCH3 is 1. The molecule has 0 aromatic carbocycles. The standard InChI is InChI=1S/C24H29FN4O4/c1-24(2,3)33-23(31)29-19(12-16-11-17(32-4)13-26-22(16)29)18-5-6-20(27-21(18)25)28-9-7-15(14-30)8-10-28/h5-6,11-13,15,30H,7-10,14H2,1-4H3. The second-order valence-corrected chi connectivity index (χ2v) is 9.25. The maximum atomic E-state index is 15.3. The van der Waals surface area contributed by atoms with Gasteiger partial charge in [0.2, 0.25) is 5.95 Å². The highest BCUT2D eigenvalue weighted by Crippen LogP contribution is 2.32. The first-order valence-corrected chi connectivity index (χ1v) is 11.0. The molecule has 3 aromatic rings. The number of carbonyl (C=O) groups excluding carboxylic acids is 1. The lowest BCUT2D eigenvalue weighted by atomic mass is 9.98. The summed E-state index contributed by atoms with van der Waals surface area (Å²) in [4.78, 5) is 23.6.